The third kappa shape index (κ3) is 10.4. The van der Waals surface area contributed by atoms with Crippen LogP contribution in [-0.4, -0.2) is 86.0 Å². The van der Waals surface area contributed by atoms with Crippen LogP contribution in [0.25, 0.3) is 0 Å². The molecule has 0 bridgehead atoms. The summed E-state index contributed by atoms with van der Waals surface area (Å²) < 4.78 is 0. The molecular weight excluding hydrogens is 456 g/mol. The molecule has 1 aromatic rings. The van der Waals surface area contributed by atoms with Crippen LogP contribution in [0.3, 0.4) is 0 Å². The smallest absolute Gasteiger partial charge is 0.326 e. The van der Waals surface area contributed by atoms with E-state index in [1.807, 2.05) is 6.26 Å². The summed E-state index contributed by atoms with van der Waals surface area (Å²) in [6, 6.07) is -4.48. The van der Waals surface area contributed by atoms with E-state index in [0.717, 1.165) is 0 Å². The van der Waals surface area contributed by atoms with Gasteiger partial charge in [0.2, 0.25) is 17.7 Å². The van der Waals surface area contributed by atoms with Crippen LogP contribution in [0.4, 0.5) is 0 Å². The van der Waals surface area contributed by atoms with Gasteiger partial charge in [-0.1, -0.05) is 0 Å². The van der Waals surface area contributed by atoms with Crippen molar-refractivity contribution >= 4 is 41.4 Å². The summed E-state index contributed by atoms with van der Waals surface area (Å²) in [5.74, 6) is -3.97. The number of nitrogens with zero attached hydrogens (tertiary/aromatic N) is 1. The van der Waals surface area contributed by atoms with Crippen molar-refractivity contribution in [2.45, 2.75) is 56.8 Å². The number of nitrogens with two attached hydrogens (primary N) is 1. The van der Waals surface area contributed by atoms with E-state index in [1.165, 1.54) is 31.2 Å². The molecule has 1 rings (SSSR count). The summed E-state index contributed by atoms with van der Waals surface area (Å²) in [4.78, 5) is 66.3. The van der Waals surface area contributed by atoms with Crippen molar-refractivity contribution in [3.63, 3.8) is 0 Å². The normalized spacial score (nSPS) is 14.4. The lowest BCUT2D eigenvalue weighted by Crippen LogP contribution is -2.57. The number of imidazole rings is 1. The van der Waals surface area contributed by atoms with Gasteiger partial charge in [0.1, 0.15) is 18.1 Å². The molecule has 0 saturated heterocycles. The fourth-order valence-electron chi connectivity index (χ4n) is 2.68. The Morgan fingerprint density at radius 2 is 1.73 bits per heavy atom. The zero-order valence-electron chi connectivity index (χ0n) is 18.4. The Morgan fingerprint density at radius 1 is 1.06 bits per heavy atom. The molecule has 1 heterocycles. The Balaban J connectivity index is 2.85. The molecule has 0 aliphatic rings. The highest BCUT2D eigenvalue weighted by atomic mass is 32.2. The second-order valence-electron chi connectivity index (χ2n) is 7.29. The predicted molar refractivity (Wildman–Crippen MR) is 119 cm³/mol. The Bertz CT molecular complexity index is 820. The highest BCUT2D eigenvalue weighted by molar-refractivity contribution is 7.98. The van der Waals surface area contributed by atoms with E-state index >= 15 is 0 Å². The topological polar surface area (TPSA) is 217 Å². The molecule has 4 atom stereocenters. The molecule has 3 amide bonds. The summed E-state index contributed by atoms with van der Waals surface area (Å²) in [5, 5.41) is 25.3. The van der Waals surface area contributed by atoms with Gasteiger partial charge in [-0.15, -0.1) is 0 Å². The molecule has 0 spiro atoms. The number of carbonyl (C=O) groups is 5. The summed E-state index contributed by atoms with van der Waals surface area (Å²) in [6.45, 7) is 1.42. The van der Waals surface area contributed by atoms with Crippen molar-refractivity contribution in [1.29, 1.82) is 0 Å². The van der Waals surface area contributed by atoms with Gasteiger partial charge in [-0.2, -0.15) is 11.8 Å². The maximum Gasteiger partial charge on any atom is 0.326 e. The number of carboxylic acids is 2. The van der Waals surface area contributed by atoms with Gasteiger partial charge in [0.05, 0.1) is 12.4 Å². The molecule has 13 nitrogen and oxygen atoms in total. The lowest BCUT2D eigenvalue weighted by Gasteiger charge is -2.23. The summed E-state index contributed by atoms with van der Waals surface area (Å²) in [5.41, 5.74) is 6.28. The van der Waals surface area contributed by atoms with Crippen LogP contribution in [0.5, 0.6) is 0 Å². The molecule has 33 heavy (non-hydrogen) atoms. The summed E-state index contributed by atoms with van der Waals surface area (Å²) in [6.07, 6.45) is 4.27. The van der Waals surface area contributed by atoms with Crippen LogP contribution < -0.4 is 21.7 Å². The minimum absolute atomic E-state index is 0.0449. The minimum Gasteiger partial charge on any atom is -0.481 e. The quantitative estimate of drug-likeness (QED) is 0.151. The number of nitrogens with one attached hydrogen (secondary N) is 4. The molecule has 1 aromatic heterocycles. The van der Waals surface area contributed by atoms with Gasteiger partial charge >= 0.3 is 11.9 Å². The van der Waals surface area contributed by atoms with E-state index in [9.17, 15) is 29.1 Å². The standard InChI is InChI=1S/C19H30N6O7S/c1-10(23-17(29)12(20)5-6-33-2)16(28)25-14(7-11-8-21-9-22-11)18(30)24-13(19(31)32)3-4-15(26)27/h8-10,12-14H,3-7,20H2,1-2H3,(H,21,22)(H,23,29)(H,24,30)(H,25,28)(H,26,27)(H,31,32). The SMILES string of the molecule is CSCCC(N)C(=O)NC(C)C(=O)NC(Cc1cnc[nH]1)C(=O)NC(CCC(=O)O)C(=O)O. The summed E-state index contributed by atoms with van der Waals surface area (Å²) in [7, 11) is 0. The number of hydrogen-bond acceptors (Lipinski definition) is 8. The highest BCUT2D eigenvalue weighted by Gasteiger charge is 2.29. The number of thioether (sulfide) groups is 1. The van der Waals surface area contributed by atoms with Crippen molar-refractivity contribution < 1.29 is 34.2 Å². The molecule has 4 unspecified atom stereocenters. The number of aliphatic carboxylic acids is 2. The molecule has 0 radical (unpaired) electrons. The van der Waals surface area contributed by atoms with Crippen molar-refractivity contribution in [1.82, 2.24) is 25.9 Å². The van der Waals surface area contributed by atoms with E-state index in [2.05, 4.69) is 25.9 Å². The maximum absolute atomic E-state index is 12.8. The number of H-pyrrole nitrogens is 1. The molecule has 184 valence electrons. The van der Waals surface area contributed by atoms with Crippen LogP contribution in [0.15, 0.2) is 12.5 Å². The van der Waals surface area contributed by atoms with Crippen molar-refractivity contribution in [2.75, 3.05) is 12.0 Å². The van der Waals surface area contributed by atoms with Gasteiger partial charge < -0.3 is 36.9 Å². The van der Waals surface area contributed by atoms with Gasteiger partial charge in [-0.25, -0.2) is 9.78 Å². The predicted octanol–water partition coefficient (Wildman–Crippen LogP) is -1.54. The van der Waals surface area contributed by atoms with Crippen LogP contribution in [0.2, 0.25) is 0 Å². The van der Waals surface area contributed by atoms with E-state index in [1.54, 1.807) is 0 Å². The fourth-order valence-corrected chi connectivity index (χ4v) is 3.17. The van der Waals surface area contributed by atoms with Crippen molar-refractivity contribution in [2.24, 2.45) is 5.73 Å². The van der Waals surface area contributed by atoms with E-state index in [-0.39, 0.29) is 12.8 Å². The van der Waals surface area contributed by atoms with Gasteiger partial charge in [0, 0.05) is 24.7 Å². The molecule has 14 heteroatoms. The van der Waals surface area contributed by atoms with E-state index in [0.29, 0.717) is 17.9 Å². The molecule has 0 aromatic carbocycles. The lowest BCUT2D eigenvalue weighted by atomic mass is 10.1. The molecule has 0 aliphatic carbocycles. The fraction of sp³-hybridized carbons (Fsp3) is 0.579. The number of rotatable bonds is 15. The second-order valence-corrected chi connectivity index (χ2v) is 8.28. The van der Waals surface area contributed by atoms with Crippen molar-refractivity contribution in [3.8, 4) is 0 Å². The molecule has 8 N–H and O–H groups in total. The molecule has 0 aliphatic heterocycles. The van der Waals surface area contributed by atoms with Crippen molar-refractivity contribution in [3.05, 3.63) is 18.2 Å². The largest absolute Gasteiger partial charge is 0.481 e. The first-order valence-electron chi connectivity index (χ1n) is 10.1. The number of aromatic amines is 1. The third-order valence-electron chi connectivity index (χ3n) is 4.60. The number of hydrogen-bond donors (Lipinski definition) is 7. The van der Waals surface area contributed by atoms with Crippen LogP contribution in [0.1, 0.15) is 31.9 Å². The third-order valence-corrected chi connectivity index (χ3v) is 5.24. The van der Waals surface area contributed by atoms with Crippen LogP contribution in [0, 0.1) is 0 Å². The first-order valence-corrected chi connectivity index (χ1v) is 11.5. The van der Waals surface area contributed by atoms with Crippen LogP contribution in [-0.2, 0) is 30.4 Å². The Kier molecular flexibility index (Phi) is 11.9. The Hall–Kier alpha value is -3.13. The van der Waals surface area contributed by atoms with E-state index in [4.69, 9.17) is 10.8 Å². The number of carbonyl (C=O) groups excluding carboxylic acids is 3. The first kappa shape index (κ1) is 27.9. The highest BCUT2D eigenvalue weighted by Crippen LogP contribution is 2.04. The van der Waals surface area contributed by atoms with Gasteiger partial charge in [-0.05, 0) is 31.8 Å². The lowest BCUT2D eigenvalue weighted by molar-refractivity contribution is -0.143. The van der Waals surface area contributed by atoms with Gasteiger partial charge in [0.25, 0.3) is 0 Å². The number of carboxylic acid groups (broad SMARTS) is 2. The van der Waals surface area contributed by atoms with Gasteiger partial charge in [-0.3, -0.25) is 19.2 Å². The first-order chi connectivity index (χ1) is 15.5. The average Bonchev–Trinajstić information content (AvgIpc) is 3.26. The maximum atomic E-state index is 12.8. The second kappa shape index (κ2) is 14.1. The molecule has 0 saturated carbocycles. The molecular formula is C19H30N6O7S. The monoisotopic (exact) mass is 486 g/mol. The molecule has 0 fully saturated rings. The average molecular weight is 487 g/mol. The zero-order valence-corrected chi connectivity index (χ0v) is 19.2. The number of aromatic nitrogens is 2. The van der Waals surface area contributed by atoms with Gasteiger partial charge in [0.15, 0.2) is 0 Å². The zero-order chi connectivity index (χ0) is 25.0. The minimum atomic E-state index is -1.46. The Morgan fingerprint density at radius 3 is 2.27 bits per heavy atom. The Labute approximate surface area is 194 Å². The number of amides is 3. The van der Waals surface area contributed by atoms with Crippen LogP contribution >= 0.6 is 11.8 Å². The van der Waals surface area contributed by atoms with E-state index < -0.39 is 60.2 Å². The summed E-state index contributed by atoms with van der Waals surface area (Å²) >= 11 is 1.53.